The summed E-state index contributed by atoms with van der Waals surface area (Å²) in [4.78, 5) is 33.5. The van der Waals surface area contributed by atoms with Crippen LogP contribution in [-0.4, -0.2) is 36.6 Å². The Morgan fingerprint density at radius 3 is 2.27 bits per heavy atom. The highest BCUT2D eigenvalue weighted by molar-refractivity contribution is 6.32. The number of hydrogen-bond donors (Lipinski definition) is 1. The van der Waals surface area contributed by atoms with E-state index in [0.717, 1.165) is 6.54 Å². The molecule has 2 heterocycles. The number of hydrogen-bond acceptors (Lipinski definition) is 6. The summed E-state index contributed by atoms with van der Waals surface area (Å²) in [5.41, 5.74) is -0.522. The van der Waals surface area contributed by atoms with E-state index in [4.69, 9.17) is 9.47 Å². The molecule has 0 radical (unpaired) electrons. The molecule has 2 aliphatic heterocycles. The van der Waals surface area contributed by atoms with Crippen LogP contribution in [0.15, 0.2) is 0 Å². The van der Waals surface area contributed by atoms with Crippen molar-refractivity contribution in [2.24, 2.45) is 5.41 Å². The van der Waals surface area contributed by atoms with E-state index in [9.17, 15) is 14.4 Å². The van der Waals surface area contributed by atoms with Gasteiger partial charge in [0.25, 0.3) is 0 Å². The standard InChI is InChI=1S/C9H9NO5/c11-5-3-8(1-2-10-4-8)9(5)14-6(12)7(13)15-9/h10H,1-4H2. The van der Waals surface area contributed by atoms with Crippen LogP contribution >= 0.6 is 0 Å². The molecule has 6 heteroatoms. The van der Waals surface area contributed by atoms with Crippen molar-refractivity contribution < 1.29 is 23.9 Å². The van der Waals surface area contributed by atoms with E-state index < -0.39 is 23.1 Å². The number of carbonyl (C=O) groups is 3. The predicted molar refractivity (Wildman–Crippen MR) is 44.5 cm³/mol. The van der Waals surface area contributed by atoms with Crippen LogP contribution in [0.5, 0.6) is 0 Å². The van der Waals surface area contributed by atoms with Crippen molar-refractivity contribution in [1.29, 1.82) is 0 Å². The van der Waals surface area contributed by atoms with Gasteiger partial charge in [-0.2, -0.15) is 0 Å². The highest BCUT2D eigenvalue weighted by atomic mass is 16.8. The molecule has 0 aromatic heterocycles. The lowest BCUT2D eigenvalue weighted by Crippen LogP contribution is -2.67. The lowest BCUT2D eigenvalue weighted by molar-refractivity contribution is -0.253. The minimum absolute atomic E-state index is 0.306. The molecule has 1 aliphatic carbocycles. The van der Waals surface area contributed by atoms with E-state index in [1.165, 1.54) is 0 Å². The van der Waals surface area contributed by atoms with E-state index in [2.05, 4.69) is 5.32 Å². The predicted octanol–water partition coefficient (Wildman–Crippen LogP) is -1.26. The van der Waals surface area contributed by atoms with Gasteiger partial charge in [0.05, 0.1) is 5.41 Å². The Morgan fingerprint density at radius 2 is 1.80 bits per heavy atom. The molecule has 1 atom stereocenters. The SMILES string of the molecule is O=C1OC2(OC1=O)C(=O)CC21CCNC1. The van der Waals surface area contributed by atoms with Gasteiger partial charge < -0.3 is 14.8 Å². The minimum Gasteiger partial charge on any atom is -0.406 e. The van der Waals surface area contributed by atoms with Gasteiger partial charge in [-0.1, -0.05) is 0 Å². The van der Waals surface area contributed by atoms with E-state index in [1.807, 2.05) is 0 Å². The summed E-state index contributed by atoms with van der Waals surface area (Å²) in [6.07, 6.45) is 0.986. The monoisotopic (exact) mass is 211 g/mol. The van der Waals surface area contributed by atoms with Gasteiger partial charge in [-0.25, -0.2) is 9.59 Å². The van der Waals surface area contributed by atoms with Crippen LogP contribution in [0.25, 0.3) is 0 Å². The molecule has 80 valence electrons. The third-order valence-corrected chi connectivity index (χ3v) is 3.45. The minimum atomic E-state index is -1.61. The Hall–Kier alpha value is -1.43. The fraction of sp³-hybridized carbons (Fsp3) is 0.667. The molecule has 0 bridgehead atoms. The lowest BCUT2D eigenvalue weighted by Gasteiger charge is -2.48. The molecule has 3 aliphatic rings. The molecule has 2 spiro atoms. The van der Waals surface area contributed by atoms with Crippen molar-refractivity contribution in [1.82, 2.24) is 5.32 Å². The fourth-order valence-electron chi connectivity index (χ4n) is 2.60. The zero-order chi connectivity index (χ0) is 10.7. The molecule has 0 amide bonds. The van der Waals surface area contributed by atoms with Gasteiger partial charge in [-0.05, 0) is 13.0 Å². The molecule has 15 heavy (non-hydrogen) atoms. The van der Waals surface area contributed by atoms with Crippen LogP contribution in [0.3, 0.4) is 0 Å². The largest absolute Gasteiger partial charge is 0.421 e. The summed E-state index contributed by atoms with van der Waals surface area (Å²) in [5, 5.41) is 3.08. The number of ether oxygens (including phenoxy) is 2. The molecule has 0 aromatic rings. The molecule has 1 N–H and O–H groups in total. The molecule has 0 aromatic carbocycles. The Labute approximate surface area is 84.9 Å². The van der Waals surface area contributed by atoms with Gasteiger partial charge in [-0.3, -0.25) is 4.79 Å². The van der Waals surface area contributed by atoms with E-state index >= 15 is 0 Å². The fourth-order valence-corrected chi connectivity index (χ4v) is 2.60. The third kappa shape index (κ3) is 0.813. The maximum absolute atomic E-state index is 11.5. The van der Waals surface area contributed by atoms with E-state index in [-0.39, 0.29) is 5.78 Å². The molecule has 2 saturated heterocycles. The smallest absolute Gasteiger partial charge is 0.406 e. The first-order valence-electron chi connectivity index (χ1n) is 4.80. The number of rotatable bonds is 0. The van der Waals surface area contributed by atoms with Crippen molar-refractivity contribution in [3.05, 3.63) is 0 Å². The molecular weight excluding hydrogens is 202 g/mol. The Bertz CT molecular complexity index is 366. The molecule has 1 unspecified atom stereocenters. The van der Waals surface area contributed by atoms with Crippen LogP contribution in [0.4, 0.5) is 0 Å². The Balaban J connectivity index is 1.99. The lowest BCUT2D eigenvalue weighted by atomic mass is 9.61. The topological polar surface area (TPSA) is 81.7 Å². The molecule has 3 rings (SSSR count). The van der Waals surface area contributed by atoms with Crippen LogP contribution in [0.1, 0.15) is 12.8 Å². The highest BCUT2D eigenvalue weighted by Gasteiger charge is 2.75. The normalized spacial score (nSPS) is 36.9. The second-order valence-corrected chi connectivity index (χ2v) is 4.20. The second-order valence-electron chi connectivity index (χ2n) is 4.20. The maximum atomic E-state index is 11.5. The number of nitrogens with one attached hydrogen (secondary N) is 1. The van der Waals surface area contributed by atoms with Crippen LogP contribution < -0.4 is 5.32 Å². The average Bonchev–Trinajstić information content (AvgIpc) is 2.77. The van der Waals surface area contributed by atoms with Crippen molar-refractivity contribution >= 4 is 17.7 Å². The quantitative estimate of drug-likeness (QED) is 0.397. The summed E-state index contributed by atoms with van der Waals surface area (Å²) in [6.45, 7) is 1.28. The zero-order valence-electron chi connectivity index (χ0n) is 7.87. The third-order valence-electron chi connectivity index (χ3n) is 3.45. The Morgan fingerprint density at radius 1 is 1.13 bits per heavy atom. The number of carbonyl (C=O) groups excluding carboxylic acids is 3. The van der Waals surface area contributed by atoms with Gasteiger partial charge in [0.1, 0.15) is 0 Å². The average molecular weight is 211 g/mol. The summed E-state index contributed by atoms with van der Waals surface area (Å²) in [6, 6.07) is 0. The number of fused-ring (bicyclic) bond motifs is 1. The van der Waals surface area contributed by atoms with Crippen LogP contribution in [0.2, 0.25) is 0 Å². The van der Waals surface area contributed by atoms with Gasteiger partial charge in [0.15, 0.2) is 0 Å². The second kappa shape index (κ2) is 2.38. The van der Waals surface area contributed by atoms with Gasteiger partial charge in [-0.15, -0.1) is 0 Å². The first kappa shape index (κ1) is 8.84. The number of esters is 2. The number of Topliss-reactive ketones (excluding diaryl/α,β-unsaturated/α-hetero) is 1. The van der Waals surface area contributed by atoms with Crippen LogP contribution in [-0.2, 0) is 23.9 Å². The summed E-state index contributed by atoms with van der Waals surface area (Å²) < 4.78 is 9.69. The van der Waals surface area contributed by atoms with Gasteiger partial charge >= 0.3 is 17.7 Å². The molecular formula is C9H9NO5. The van der Waals surface area contributed by atoms with Crippen molar-refractivity contribution in [2.45, 2.75) is 18.6 Å². The number of ketones is 1. The molecule has 3 fully saturated rings. The van der Waals surface area contributed by atoms with E-state index in [1.54, 1.807) is 0 Å². The summed E-state index contributed by atoms with van der Waals surface area (Å²) in [5.74, 6) is -4.04. The van der Waals surface area contributed by atoms with Crippen molar-refractivity contribution in [3.8, 4) is 0 Å². The summed E-state index contributed by atoms with van der Waals surface area (Å²) in [7, 11) is 0. The van der Waals surface area contributed by atoms with Gasteiger partial charge in [0, 0.05) is 13.0 Å². The Kier molecular flexibility index (Phi) is 1.41. The highest BCUT2D eigenvalue weighted by Crippen LogP contribution is 2.55. The maximum Gasteiger partial charge on any atom is 0.421 e. The first-order valence-corrected chi connectivity index (χ1v) is 4.80. The van der Waals surface area contributed by atoms with Crippen molar-refractivity contribution in [2.75, 3.05) is 13.1 Å². The first-order chi connectivity index (χ1) is 7.10. The summed E-state index contributed by atoms with van der Waals surface area (Å²) >= 11 is 0. The van der Waals surface area contributed by atoms with Gasteiger partial charge in [0.2, 0.25) is 5.78 Å². The molecule has 1 saturated carbocycles. The zero-order valence-corrected chi connectivity index (χ0v) is 7.87. The van der Waals surface area contributed by atoms with E-state index in [0.29, 0.717) is 19.4 Å². The molecule has 6 nitrogen and oxygen atoms in total. The van der Waals surface area contributed by atoms with Crippen molar-refractivity contribution in [3.63, 3.8) is 0 Å². The van der Waals surface area contributed by atoms with Crippen LogP contribution in [0, 0.1) is 5.41 Å².